The van der Waals surface area contributed by atoms with E-state index in [4.69, 9.17) is 11.5 Å². The molecular formula is C22H31FN6O2. The van der Waals surface area contributed by atoms with Crippen LogP contribution >= 0.6 is 0 Å². The zero-order valence-electron chi connectivity index (χ0n) is 18.5. The van der Waals surface area contributed by atoms with E-state index in [2.05, 4.69) is 20.6 Å². The number of rotatable bonds is 11. The first-order chi connectivity index (χ1) is 14.6. The van der Waals surface area contributed by atoms with Gasteiger partial charge in [-0.3, -0.25) is 9.78 Å². The number of nitrogens with zero attached hydrogens (tertiary/aromatic N) is 2. The van der Waals surface area contributed by atoms with Crippen molar-refractivity contribution in [2.24, 2.45) is 11.5 Å². The lowest BCUT2D eigenvalue weighted by molar-refractivity contribution is -0.117. The van der Waals surface area contributed by atoms with Crippen LogP contribution in [0.2, 0.25) is 0 Å². The Kier molecular flexibility index (Phi) is 8.44. The van der Waals surface area contributed by atoms with Crippen LogP contribution in [-0.2, 0) is 4.79 Å². The molecule has 2 atom stereocenters. The van der Waals surface area contributed by atoms with Gasteiger partial charge in [-0.15, -0.1) is 0 Å². The van der Waals surface area contributed by atoms with Crippen molar-refractivity contribution in [1.29, 1.82) is 0 Å². The Morgan fingerprint density at radius 1 is 1.19 bits per heavy atom. The van der Waals surface area contributed by atoms with Crippen LogP contribution in [0.15, 0.2) is 18.3 Å². The molecule has 8 nitrogen and oxygen atoms in total. The van der Waals surface area contributed by atoms with E-state index in [1.807, 2.05) is 26.8 Å². The van der Waals surface area contributed by atoms with E-state index in [1.54, 1.807) is 13.1 Å². The minimum Gasteiger partial charge on any atom is -0.365 e. The highest BCUT2D eigenvalue weighted by Crippen LogP contribution is 2.25. The van der Waals surface area contributed by atoms with Crippen LogP contribution in [0.3, 0.4) is 0 Å². The summed E-state index contributed by atoms with van der Waals surface area (Å²) in [6.45, 7) is 7.17. The highest BCUT2D eigenvalue weighted by atomic mass is 19.1. The van der Waals surface area contributed by atoms with Crippen molar-refractivity contribution in [3.8, 4) is 0 Å². The summed E-state index contributed by atoms with van der Waals surface area (Å²) < 4.78 is 14.7. The zero-order valence-corrected chi connectivity index (χ0v) is 18.5. The molecule has 0 spiro atoms. The van der Waals surface area contributed by atoms with E-state index in [0.717, 1.165) is 30.2 Å². The predicted octanol–water partition coefficient (Wildman–Crippen LogP) is 3.35. The van der Waals surface area contributed by atoms with E-state index in [-0.39, 0.29) is 35.1 Å². The first-order valence-corrected chi connectivity index (χ1v) is 10.3. The van der Waals surface area contributed by atoms with Gasteiger partial charge in [0.2, 0.25) is 0 Å². The van der Waals surface area contributed by atoms with Crippen molar-refractivity contribution in [1.82, 2.24) is 9.97 Å². The van der Waals surface area contributed by atoms with Crippen molar-refractivity contribution in [3.05, 3.63) is 41.0 Å². The van der Waals surface area contributed by atoms with E-state index >= 15 is 0 Å². The Morgan fingerprint density at radius 2 is 1.90 bits per heavy atom. The van der Waals surface area contributed by atoms with Gasteiger partial charge in [-0.1, -0.05) is 6.42 Å². The minimum atomic E-state index is -0.801. The number of primary amides is 1. The quantitative estimate of drug-likeness (QED) is 0.401. The van der Waals surface area contributed by atoms with Gasteiger partial charge in [0.05, 0.1) is 17.4 Å². The van der Waals surface area contributed by atoms with Gasteiger partial charge >= 0.3 is 0 Å². The number of ketones is 1. The number of hydrogen-bond acceptors (Lipinski definition) is 7. The summed E-state index contributed by atoms with van der Waals surface area (Å²) in [5, 5.41) is 6.05. The lowest BCUT2D eigenvalue weighted by Gasteiger charge is -2.24. The van der Waals surface area contributed by atoms with E-state index in [9.17, 15) is 14.0 Å². The maximum atomic E-state index is 14.7. The van der Waals surface area contributed by atoms with Crippen LogP contribution in [0, 0.1) is 19.7 Å². The Morgan fingerprint density at radius 3 is 2.48 bits per heavy atom. The fourth-order valence-electron chi connectivity index (χ4n) is 3.10. The molecule has 2 aromatic heterocycles. The van der Waals surface area contributed by atoms with Crippen molar-refractivity contribution >= 4 is 29.0 Å². The van der Waals surface area contributed by atoms with Crippen molar-refractivity contribution in [3.63, 3.8) is 0 Å². The number of pyridine rings is 2. The number of halogens is 1. The Bertz CT molecular complexity index is 948. The molecule has 0 unspecified atom stereocenters. The van der Waals surface area contributed by atoms with Crippen molar-refractivity contribution < 1.29 is 14.0 Å². The summed E-state index contributed by atoms with van der Waals surface area (Å²) in [5.74, 6) is -1.27. The number of aromatic nitrogens is 2. The molecule has 0 fully saturated rings. The summed E-state index contributed by atoms with van der Waals surface area (Å²) >= 11 is 0. The maximum Gasteiger partial charge on any atom is 0.252 e. The Hall–Kier alpha value is -3.07. The lowest BCUT2D eigenvalue weighted by Crippen LogP contribution is -2.38. The second-order valence-electron chi connectivity index (χ2n) is 7.89. The largest absolute Gasteiger partial charge is 0.365 e. The number of amides is 1. The number of nitrogens with two attached hydrogens (primary N) is 2. The van der Waals surface area contributed by atoms with Crippen molar-refractivity contribution in [2.45, 2.75) is 65.5 Å². The second-order valence-corrected chi connectivity index (χ2v) is 7.89. The molecule has 168 valence electrons. The molecule has 2 rings (SSSR count). The average molecular weight is 431 g/mol. The first kappa shape index (κ1) is 24.2. The molecule has 0 aromatic carbocycles. The molecule has 2 heterocycles. The average Bonchev–Trinajstić information content (AvgIpc) is 2.68. The fourth-order valence-corrected chi connectivity index (χ4v) is 3.10. The van der Waals surface area contributed by atoms with Gasteiger partial charge < -0.3 is 26.9 Å². The van der Waals surface area contributed by atoms with E-state index < -0.39 is 11.7 Å². The number of unbranched alkanes of at least 4 members (excludes halogenated alkanes) is 1. The molecule has 9 heteroatoms. The van der Waals surface area contributed by atoms with Gasteiger partial charge in [0.25, 0.3) is 5.91 Å². The molecule has 0 aliphatic carbocycles. The normalized spacial score (nSPS) is 12.8. The minimum absolute atomic E-state index is 0.0295. The molecule has 6 N–H and O–H groups in total. The molecule has 0 radical (unpaired) electrons. The van der Waals surface area contributed by atoms with Crippen LogP contribution < -0.4 is 22.1 Å². The van der Waals surface area contributed by atoms with Gasteiger partial charge in [-0.05, 0) is 58.2 Å². The van der Waals surface area contributed by atoms with Gasteiger partial charge in [0.15, 0.2) is 11.6 Å². The number of anilines is 3. The molecule has 0 bridgehead atoms. The van der Waals surface area contributed by atoms with Gasteiger partial charge in [0.1, 0.15) is 11.6 Å². The molecule has 31 heavy (non-hydrogen) atoms. The number of hydrogen-bond donors (Lipinski definition) is 4. The van der Waals surface area contributed by atoms with Gasteiger partial charge in [-0.2, -0.15) is 0 Å². The van der Waals surface area contributed by atoms with Crippen LogP contribution in [0.1, 0.15) is 61.1 Å². The van der Waals surface area contributed by atoms with Crippen LogP contribution in [0.5, 0.6) is 0 Å². The third-order valence-corrected chi connectivity index (χ3v) is 5.09. The number of nitrogens with one attached hydrogen (secondary N) is 2. The standard InChI is InChI=1S/C22H31FN6O2/c1-12-9-16(11-26-15(12)4)27-21-17(20(25)31)10-18(23)22(29-21)28-19(14(3)24)8-6-5-7-13(2)30/h9-11,14,19H,5-8,24H2,1-4H3,(H2,25,31)(H2,27,28,29)/t14-,19+/m0/s1. The lowest BCUT2D eigenvalue weighted by atomic mass is 10.0. The molecule has 2 aromatic rings. The number of carbonyl (C=O) groups is 2. The van der Waals surface area contributed by atoms with E-state index in [0.29, 0.717) is 18.5 Å². The van der Waals surface area contributed by atoms with Gasteiger partial charge in [0, 0.05) is 24.2 Å². The molecule has 0 saturated carbocycles. The molecule has 0 aliphatic rings. The number of carbonyl (C=O) groups excluding carboxylic acids is 2. The number of Topliss-reactive ketones (excluding diaryl/α,β-unsaturated/α-hetero) is 1. The maximum absolute atomic E-state index is 14.7. The molecule has 0 saturated heterocycles. The smallest absolute Gasteiger partial charge is 0.252 e. The van der Waals surface area contributed by atoms with Crippen LogP contribution in [0.25, 0.3) is 0 Å². The highest BCUT2D eigenvalue weighted by molar-refractivity contribution is 5.98. The third kappa shape index (κ3) is 6.99. The SMILES string of the molecule is CC(=O)CCCC[C@@H](Nc1nc(Nc2cnc(C)c(C)c2)c(C(N)=O)cc1F)[C@H](C)N. The topological polar surface area (TPSA) is 136 Å². The van der Waals surface area contributed by atoms with Crippen LogP contribution in [0.4, 0.5) is 21.7 Å². The summed E-state index contributed by atoms with van der Waals surface area (Å²) in [6, 6.07) is 2.37. The van der Waals surface area contributed by atoms with Gasteiger partial charge in [-0.25, -0.2) is 9.37 Å². The summed E-state index contributed by atoms with van der Waals surface area (Å²) in [4.78, 5) is 31.5. The molecule has 0 aliphatic heterocycles. The molecular weight excluding hydrogens is 399 g/mol. The monoisotopic (exact) mass is 430 g/mol. The fraction of sp³-hybridized carbons (Fsp3) is 0.455. The second kappa shape index (κ2) is 10.8. The van der Waals surface area contributed by atoms with E-state index in [1.165, 1.54) is 0 Å². The summed E-state index contributed by atoms with van der Waals surface area (Å²) in [6.07, 6.45) is 4.25. The Balaban J connectivity index is 2.27. The Labute approximate surface area is 182 Å². The summed E-state index contributed by atoms with van der Waals surface area (Å²) in [7, 11) is 0. The highest BCUT2D eigenvalue weighted by Gasteiger charge is 2.20. The summed E-state index contributed by atoms with van der Waals surface area (Å²) in [5.41, 5.74) is 13.9. The van der Waals surface area contributed by atoms with Crippen LogP contribution in [-0.4, -0.2) is 33.7 Å². The third-order valence-electron chi connectivity index (χ3n) is 5.09. The first-order valence-electron chi connectivity index (χ1n) is 10.3. The zero-order chi connectivity index (χ0) is 23.1. The van der Waals surface area contributed by atoms with Crippen molar-refractivity contribution in [2.75, 3.05) is 10.6 Å². The predicted molar refractivity (Wildman–Crippen MR) is 120 cm³/mol. The number of aryl methyl sites for hydroxylation is 2. The molecule has 1 amide bonds.